The summed E-state index contributed by atoms with van der Waals surface area (Å²) in [6, 6.07) is 23.2. The summed E-state index contributed by atoms with van der Waals surface area (Å²) >= 11 is 0. The van der Waals surface area contributed by atoms with Crippen LogP contribution in [0.4, 0.5) is 10.1 Å². The van der Waals surface area contributed by atoms with Crippen molar-refractivity contribution in [3.63, 3.8) is 0 Å². The molecule has 0 radical (unpaired) electrons. The highest BCUT2D eigenvalue weighted by Gasteiger charge is 2.55. The van der Waals surface area contributed by atoms with Crippen LogP contribution in [0.15, 0.2) is 72.8 Å². The largest absolute Gasteiger partial charge is 0.304 e. The third-order valence-corrected chi connectivity index (χ3v) is 9.52. The van der Waals surface area contributed by atoms with Crippen LogP contribution in [0.1, 0.15) is 30.9 Å². The highest BCUT2D eigenvalue weighted by atomic mass is 32.2. The van der Waals surface area contributed by atoms with Crippen molar-refractivity contribution in [1.82, 2.24) is 9.21 Å². The van der Waals surface area contributed by atoms with Crippen LogP contribution in [0.2, 0.25) is 0 Å². The van der Waals surface area contributed by atoms with Crippen LogP contribution in [-0.4, -0.2) is 49.3 Å². The van der Waals surface area contributed by atoms with E-state index in [1.165, 1.54) is 43.0 Å². The SMILES string of the molecule is Cc1ccccc1-c1cccc(CN2CC[C@@]3(C[C@@H]2C)CN(C)S(=O)(=O)N3c2cccc(F)c2)c1. The van der Waals surface area contributed by atoms with Gasteiger partial charge in [0, 0.05) is 32.7 Å². The van der Waals surface area contributed by atoms with Crippen molar-refractivity contribution < 1.29 is 12.8 Å². The lowest BCUT2D eigenvalue weighted by Gasteiger charge is -2.47. The number of rotatable bonds is 4. The zero-order chi connectivity index (χ0) is 24.8. The number of aryl methyl sites for hydroxylation is 1. The van der Waals surface area contributed by atoms with E-state index in [0.717, 1.165) is 13.1 Å². The van der Waals surface area contributed by atoms with E-state index in [9.17, 15) is 12.8 Å². The molecular weight excluding hydrogens is 461 g/mol. The zero-order valence-electron chi connectivity index (χ0n) is 20.5. The summed E-state index contributed by atoms with van der Waals surface area (Å²) in [7, 11) is -2.09. The fourth-order valence-corrected chi connectivity index (χ4v) is 7.61. The van der Waals surface area contributed by atoms with Crippen molar-refractivity contribution in [3.05, 3.63) is 89.7 Å². The predicted molar refractivity (Wildman–Crippen MR) is 139 cm³/mol. The number of anilines is 1. The molecule has 5 rings (SSSR count). The highest BCUT2D eigenvalue weighted by molar-refractivity contribution is 7.90. The van der Waals surface area contributed by atoms with Gasteiger partial charge in [0.05, 0.1) is 11.2 Å². The highest BCUT2D eigenvalue weighted by Crippen LogP contribution is 2.44. The summed E-state index contributed by atoms with van der Waals surface area (Å²) in [6.45, 7) is 6.28. The number of piperidine rings is 1. The lowest BCUT2D eigenvalue weighted by Crippen LogP contribution is -2.57. The fraction of sp³-hybridized carbons (Fsp3) is 0.357. The summed E-state index contributed by atoms with van der Waals surface area (Å²) in [6.07, 6.45) is 1.37. The molecule has 2 fully saturated rings. The van der Waals surface area contributed by atoms with Crippen LogP contribution < -0.4 is 4.31 Å². The smallest absolute Gasteiger partial charge is 0.296 e. The van der Waals surface area contributed by atoms with Crippen LogP contribution in [0, 0.1) is 12.7 Å². The molecule has 2 heterocycles. The average molecular weight is 494 g/mol. The van der Waals surface area contributed by atoms with Gasteiger partial charge in [-0.1, -0.05) is 48.5 Å². The zero-order valence-corrected chi connectivity index (χ0v) is 21.3. The van der Waals surface area contributed by atoms with Gasteiger partial charge in [-0.05, 0) is 73.2 Å². The Morgan fingerprint density at radius 1 is 1.03 bits per heavy atom. The average Bonchev–Trinajstić information content (AvgIpc) is 3.00. The Balaban J connectivity index is 1.38. The number of hydrogen-bond donors (Lipinski definition) is 0. The third kappa shape index (κ3) is 4.37. The van der Waals surface area contributed by atoms with Gasteiger partial charge < -0.3 is 0 Å². The predicted octanol–water partition coefficient (Wildman–Crippen LogP) is 5.22. The van der Waals surface area contributed by atoms with E-state index in [2.05, 4.69) is 67.3 Å². The van der Waals surface area contributed by atoms with Crippen molar-refractivity contribution in [3.8, 4) is 11.1 Å². The fourth-order valence-electron chi connectivity index (χ4n) is 5.84. The normalized spacial score (nSPS) is 24.8. The Bertz CT molecular complexity index is 1350. The number of nitrogens with zero attached hydrogens (tertiary/aromatic N) is 3. The molecule has 0 bridgehead atoms. The van der Waals surface area contributed by atoms with Crippen molar-refractivity contribution >= 4 is 15.9 Å². The molecule has 0 saturated carbocycles. The van der Waals surface area contributed by atoms with Crippen molar-refractivity contribution in [2.24, 2.45) is 0 Å². The van der Waals surface area contributed by atoms with Crippen molar-refractivity contribution in [2.45, 2.75) is 44.8 Å². The summed E-state index contributed by atoms with van der Waals surface area (Å²) in [5, 5.41) is 0. The number of hydrogen-bond acceptors (Lipinski definition) is 3. The molecule has 3 aromatic carbocycles. The van der Waals surface area contributed by atoms with E-state index in [4.69, 9.17) is 0 Å². The molecule has 184 valence electrons. The van der Waals surface area contributed by atoms with E-state index < -0.39 is 21.6 Å². The first-order valence-corrected chi connectivity index (χ1v) is 13.5. The van der Waals surface area contributed by atoms with Crippen LogP contribution in [0.3, 0.4) is 0 Å². The second kappa shape index (κ2) is 9.04. The minimum absolute atomic E-state index is 0.170. The molecule has 0 N–H and O–H groups in total. The van der Waals surface area contributed by atoms with Gasteiger partial charge in [0.1, 0.15) is 5.82 Å². The monoisotopic (exact) mass is 493 g/mol. The summed E-state index contributed by atoms with van der Waals surface area (Å²) < 4.78 is 43.5. The van der Waals surface area contributed by atoms with E-state index in [1.807, 2.05) is 0 Å². The molecule has 0 unspecified atom stereocenters. The molecule has 3 aromatic rings. The Labute approximate surface area is 208 Å². The molecule has 0 aliphatic carbocycles. The quantitative estimate of drug-likeness (QED) is 0.501. The Kier molecular flexibility index (Phi) is 6.20. The van der Waals surface area contributed by atoms with Gasteiger partial charge in [0.15, 0.2) is 0 Å². The first kappa shape index (κ1) is 24.0. The van der Waals surface area contributed by atoms with Gasteiger partial charge in [0.25, 0.3) is 0 Å². The topological polar surface area (TPSA) is 43.9 Å². The molecule has 2 aliphatic rings. The maximum absolute atomic E-state index is 14.0. The molecule has 0 aromatic heterocycles. The standard InChI is InChI=1S/C28H32FN3O2S/c1-21-8-4-5-13-27(21)24-10-6-9-23(16-24)19-31-15-14-28(18-22(31)2)20-30(3)35(33,34)32(28)26-12-7-11-25(29)17-26/h4-13,16-17,22H,14-15,18-20H2,1-3H3/t22-,28+/m0/s1. The van der Waals surface area contributed by atoms with Gasteiger partial charge >= 0.3 is 10.2 Å². The second-order valence-electron chi connectivity index (χ2n) is 10.0. The molecule has 2 saturated heterocycles. The maximum Gasteiger partial charge on any atom is 0.304 e. The summed E-state index contributed by atoms with van der Waals surface area (Å²) in [4.78, 5) is 2.43. The molecule has 2 aliphatic heterocycles. The van der Waals surface area contributed by atoms with Crippen LogP contribution >= 0.6 is 0 Å². The van der Waals surface area contributed by atoms with Crippen molar-refractivity contribution in [2.75, 3.05) is 24.4 Å². The van der Waals surface area contributed by atoms with Crippen LogP contribution in [-0.2, 0) is 16.8 Å². The lowest BCUT2D eigenvalue weighted by atomic mass is 9.82. The van der Waals surface area contributed by atoms with Crippen LogP contribution in [0.25, 0.3) is 11.1 Å². The maximum atomic E-state index is 14.0. The van der Waals surface area contributed by atoms with E-state index in [0.29, 0.717) is 25.1 Å². The lowest BCUT2D eigenvalue weighted by molar-refractivity contribution is 0.100. The molecular formula is C28H32FN3O2S. The number of halogens is 1. The minimum Gasteiger partial charge on any atom is -0.296 e. The Hall–Kier alpha value is -2.74. The van der Waals surface area contributed by atoms with Gasteiger partial charge in [-0.15, -0.1) is 0 Å². The summed E-state index contributed by atoms with van der Waals surface area (Å²) in [5.74, 6) is -0.429. The van der Waals surface area contributed by atoms with Gasteiger partial charge in [-0.3, -0.25) is 9.21 Å². The first-order valence-electron chi connectivity index (χ1n) is 12.1. The van der Waals surface area contributed by atoms with E-state index in [-0.39, 0.29) is 6.04 Å². The second-order valence-corrected chi connectivity index (χ2v) is 11.9. The molecule has 0 amide bonds. The minimum atomic E-state index is -3.70. The van der Waals surface area contributed by atoms with Crippen LogP contribution in [0.5, 0.6) is 0 Å². The Morgan fingerprint density at radius 2 is 1.80 bits per heavy atom. The first-order chi connectivity index (χ1) is 16.7. The van der Waals surface area contributed by atoms with Gasteiger partial charge in [-0.25, -0.2) is 4.39 Å². The number of likely N-dealkylation sites (tertiary alicyclic amines) is 1. The molecule has 35 heavy (non-hydrogen) atoms. The molecule has 7 heteroatoms. The van der Waals surface area contributed by atoms with Gasteiger partial charge in [-0.2, -0.15) is 12.7 Å². The molecule has 5 nitrogen and oxygen atoms in total. The number of benzene rings is 3. The van der Waals surface area contributed by atoms with E-state index >= 15 is 0 Å². The summed E-state index contributed by atoms with van der Waals surface area (Å²) in [5.41, 5.74) is 4.77. The molecule has 2 atom stereocenters. The van der Waals surface area contributed by atoms with Crippen molar-refractivity contribution in [1.29, 1.82) is 0 Å². The number of likely N-dealkylation sites (N-methyl/N-ethyl adjacent to an activating group) is 1. The van der Waals surface area contributed by atoms with E-state index in [1.54, 1.807) is 19.2 Å². The Morgan fingerprint density at radius 3 is 2.54 bits per heavy atom. The van der Waals surface area contributed by atoms with Gasteiger partial charge in [0.2, 0.25) is 0 Å². The molecule has 1 spiro atoms. The third-order valence-electron chi connectivity index (χ3n) is 7.55.